The predicted octanol–water partition coefficient (Wildman–Crippen LogP) is 2.62. The summed E-state index contributed by atoms with van der Waals surface area (Å²) >= 11 is 0. The highest BCUT2D eigenvalue weighted by atomic mass is 35.5. The maximum Gasteiger partial charge on any atom is 0.227 e. The molecule has 1 amide bonds. The van der Waals surface area contributed by atoms with Gasteiger partial charge in [0.15, 0.2) is 0 Å². The smallest absolute Gasteiger partial charge is 0.227 e. The van der Waals surface area contributed by atoms with E-state index in [0.29, 0.717) is 11.3 Å². The molecule has 18 heavy (non-hydrogen) atoms. The predicted molar refractivity (Wildman–Crippen MR) is 72.3 cm³/mol. The first-order chi connectivity index (χ1) is 8.06. The van der Waals surface area contributed by atoms with Crippen LogP contribution in [0.4, 0.5) is 10.1 Å². The lowest BCUT2D eigenvalue weighted by molar-refractivity contribution is -0.119. The molecule has 1 saturated carbocycles. The summed E-state index contributed by atoms with van der Waals surface area (Å²) in [4.78, 5) is 11.9. The van der Waals surface area contributed by atoms with Crippen molar-refractivity contribution in [2.45, 2.75) is 32.2 Å². The van der Waals surface area contributed by atoms with Gasteiger partial charge in [-0.2, -0.15) is 0 Å². The largest absolute Gasteiger partial charge is 0.328 e. The molecule has 1 aromatic carbocycles. The summed E-state index contributed by atoms with van der Waals surface area (Å²) in [6.07, 6.45) is 2.43. The van der Waals surface area contributed by atoms with Gasteiger partial charge in [0.2, 0.25) is 5.91 Å². The average molecular weight is 273 g/mol. The minimum atomic E-state index is -0.300. The highest BCUT2D eigenvalue weighted by Gasteiger charge is 2.27. The van der Waals surface area contributed by atoms with Gasteiger partial charge in [-0.15, -0.1) is 12.4 Å². The molecule has 0 aliphatic heterocycles. The molecule has 2 rings (SSSR count). The number of carbonyl (C=O) groups excluding carboxylic acids is 1. The second-order valence-electron chi connectivity index (χ2n) is 4.72. The van der Waals surface area contributed by atoms with Crippen molar-refractivity contribution in [1.82, 2.24) is 0 Å². The topological polar surface area (TPSA) is 55.1 Å². The van der Waals surface area contributed by atoms with Gasteiger partial charge in [0.25, 0.3) is 0 Å². The Labute approximate surface area is 112 Å². The number of carbonyl (C=O) groups is 1. The Hall–Kier alpha value is -1.13. The summed E-state index contributed by atoms with van der Waals surface area (Å²) in [6.45, 7) is 1.69. The molecule has 5 heteroatoms. The minimum Gasteiger partial charge on any atom is -0.328 e. The van der Waals surface area contributed by atoms with Crippen LogP contribution in [0.1, 0.15) is 24.8 Å². The molecule has 1 aliphatic rings. The zero-order chi connectivity index (χ0) is 12.4. The van der Waals surface area contributed by atoms with E-state index in [9.17, 15) is 9.18 Å². The molecule has 3 N–H and O–H groups in total. The fourth-order valence-electron chi connectivity index (χ4n) is 2.17. The molecule has 100 valence electrons. The Kier molecular flexibility index (Phi) is 5.11. The SMILES string of the molecule is Cc1ccc(NC(=O)C2CCC(N)C2)cc1F.Cl. The molecule has 0 bridgehead atoms. The summed E-state index contributed by atoms with van der Waals surface area (Å²) in [5, 5.41) is 2.74. The summed E-state index contributed by atoms with van der Waals surface area (Å²) in [5.41, 5.74) is 6.85. The van der Waals surface area contributed by atoms with Gasteiger partial charge in [-0.25, -0.2) is 4.39 Å². The van der Waals surface area contributed by atoms with Crippen LogP contribution in [-0.2, 0) is 4.79 Å². The molecule has 0 heterocycles. The van der Waals surface area contributed by atoms with Gasteiger partial charge in [-0.3, -0.25) is 4.79 Å². The van der Waals surface area contributed by atoms with E-state index in [1.165, 1.54) is 6.07 Å². The number of anilines is 1. The molecule has 0 radical (unpaired) electrons. The van der Waals surface area contributed by atoms with Crippen molar-refractivity contribution in [2.75, 3.05) is 5.32 Å². The van der Waals surface area contributed by atoms with E-state index in [4.69, 9.17) is 5.73 Å². The fraction of sp³-hybridized carbons (Fsp3) is 0.462. The van der Waals surface area contributed by atoms with Crippen molar-refractivity contribution < 1.29 is 9.18 Å². The fourth-order valence-corrected chi connectivity index (χ4v) is 2.17. The lowest BCUT2D eigenvalue weighted by Gasteiger charge is -2.11. The lowest BCUT2D eigenvalue weighted by atomic mass is 10.1. The second kappa shape index (κ2) is 6.16. The van der Waals surface area contributed by atoms with Crippen LogP contribution in [0.25, 0.3) is 0 Å². The quantitative estimate of drug-likeness (QED) is 0.870. The number of amides is 1. The first kappa shape index (κ1) is 14.9. The summed E-state index contributed by atoms with van der Waals surface area (Å²) < 4.78 is 13.3. The second-order valence-corrected chi connectivity index (χ2v) is 4.72. The van der Waals surface area contributed by atoms with E-state index in [-0.39, 0.29) is 36.1 Å². The molecule has 0 saturated heterocycles. The molecule has 2 atom stereocenters. The van der Waals surface area contributed by atoms with Crippen molar-refractivity contribution >= 4 is 24.0 Å². The third kappa shape index (κ3) is 3.43. The first-order valence-electron chi connectivity index (χ1n) is 5.89. The van der Waals surface area contributed by atoms with Crippen molar-refractivity contribution in [2.24, 2.45) is 11.7 Å². The van der Waals surface area contributed by atoms with Crippen LogP contribution >= 0.6 is 12.4 Å². The van der Waals surface area contributed by atoms with Gasteiger partial charge in [0.1, 0.15) is 5.82 Å². The van der Waals surface area contributed by atoms with Crippen LogP contribution in [0.5, 0.6) is 0 Å². The minimum absolute atomic E-state index is 0. The molecular formula is C13H18ClFN2O. The number of aryl methyl sites for hydroxylation is 1. The third-order valence-electron chi connectivity index (χ3n) is 3.28. The third-order valence-corrected chi connectivity index (χ3v) is 3.28. The van der Waals surface area contributed by atoms with E-state index in [0.717, 1.165) is 19.3 Å². The van der Waals surface area contributed by atoms with E-state index in [1.807, 2.05) is 0 Å². The Morgan fingerprint density at radius 3 is 2.72 bits per heavy atom. The van der Waals surface area contributed by atoms with E-state index in [2.05, 4.69) is 5.32 Å². The van der Waals surface area contributed by atoms with Crippen LogP contribution < -0.4 is 11.1 Å². The number of benzene rings is 1. The Bertz CT molecular complexity index is 439. The molecule has 1 aromatic rings. The molecular weight excluding hydrogens is 255 g/mol. The van der Waals surface area contributed by atoms with Gasteiger partial charge in [0.05, 0.1) is 0 Å². The molecule has 1 aliphatic carbocycles. The molecule has 3 nitrogen and oxygen atoms in total. The van der Waals surface area contributed by atoms with Crippen LogP contribution in [-0.4, -0.2) is 11.9 Å². The molecule has 0 spiro atoms. The number of halogens is 2. The Balaban J connectivity index is 0.00000162. The summed E-state index contributed by atoms with van der Waals surface area (Å²) in [5.74, 6) is -0.388. The zero-order valence-corrected chi connectivity index (χ0v) is 11.1. The number of nitrogens with one attached hydrogen (secondary N) is 1. The van der Waals surface area contributed by atoms with Gasteiger partial charge in [-0.05, 0) is 43.9 Å². The number of rotatable bonds is 2. The maximum absolute atomic E-state index is 13.3. The monoisotopic (exact) mass is 272 g/mol. The van der Waals surface area contributed by atoms with Gasteiger partial charge in [-0.1, -0.05) is 6.07 Å². The average Bonchev–Trinajstić information content (AvgIpc) is 2.70. The van der Waals surface area contributed by atoms with Gasteiger partial charge in [0, 0.05) is 17.6 Å². The highest BCUT2D eigenvalue weighted by Crippen LogP contribution is 2.25. The normalized spacial score (nSPS) is 22.4. The number of hydrogen-bond acceptors (Lipinski definition) is 2. The van der Waals surface area contributed by atoms with E-state index >= 15 is 0 Å². The first-order valence-corrected chi connectivity index (χ1v) is 5.89. The van der Waals surface area contributed by atoms with Crippen molar-refractivity contribution in [3.05, 3.63) is 29.6 Å². The summed E-state index contributed by atoms with van der Waals surface area (Å²) in [7, 11) is 0. The Morgan fingerprint density at radius 2 is 2.17 bits per heavy atom. The Morgan fingerprint density at radius 1 is 1.44 bits per heavy atom. The molecule has 2 unspecified atom stereocenters. The van der Waals surface area contributed by atoms with Crippen LogP contribution in [0.2, 0.25) is 0 Å². The highest BCUT2D eigenvalue weighted by molar-refractivity contribution is 5.92. The maximum atomic E-state index is 13.3. The van der Waals surface area contributed by atoms with Crippen LogP contribution in [0.3, 0.4) is 0 Å². The van der Waals surface area contributed by atoms with E-state index in [1.54, 1.807) is 19.1 Å². The van der Waals surface area contributed by atoms with Gasteiger partial charge >= 0.3 is 0 Å². The standard InChI is InChI=1S/C13H17FN2O.ClH/c1-8-2-5-11(7-12(8)14)16-13(17)9-3-4-10(15)6-9;/h2,5,7,9-10H,3-4,6,15H2,1H3,(H,16,17);1H. The zero-order valence-electron chi connectivity index (χ0n) is 10.3. The molecule has 1 fully saturated rings. The van der Waals surface area contributed by atoms with Crippen molar-refractivity contribution in [1.29, 1.82) is 0 Å². The van der Waals surface area contributed by atoms with Crippen LogP contribution in [0, 0.1) is 18.7 Å². The summed E-state index contributed by atoms with van der Waals surface area (Å²) in [6, 6.07) is 4.85. The van der Waals surface area contributed by atoms with Crippen molar-refractivity contribution in [3.8, 4) is 0 Å². The molecule has 0 aromatic heterocycles. The van der Waals surface area contributed by atoms with E-state index < -0.39 is 0 Å². The van der Waals surface area contributed by atoms with Crippen molar-refractivity contribution in [3.63, 3.8) is 0 Å². The van der Waals surface area contributed by atoms with Crippen LogP contribution in [0.15, 0.2) is 18.2 Å². The number of nitrogens with two attached hydrogens (primary N) is 1. The lowest BCUT2D eigenvalue weighted by Crippen LogP contribution is -2.23. The van der Waals surface area contributed by atoms with Gasteiger partial charge < -0.3 is 11.1 Å². The number of hydrogen-bond donors (Lipinski definition) is 2.